The van der Waals surface area contributed by atoms with E-state index in [9.17, 15) is 0 Å². The van der Waals surface area contributed by atoms with Crippen LogP contribution in [0.3, 0.4) is 0 Å². The molecule has 112 valence electrons. The first-order valence-corrected chi connectivity index (χ1v) is 7.63. The smallest absolute Gasteiger partial charge is 0.232 e. The average molecular weight is 285 g/mol. The van der Waals surface area contributed by atoms with Crippen molar-refractivity contribution in [2.45, 2.75) is 45.1 Å². The zero-order valence-corrected chi connectivity index (χ0v) is 13.0. The Bertz CT molecular complexity index is 586. The van der Waals surface area contributed by atoms with Crippen LogP contribution in [-0.4, -0.2) is 28.1 Å². The van der Waals surface area contributed by atoms with Gasteiger partial charge < -0.3 is 4.52 Å². The van der Waals surface area contributed by atoms with Crippen LogP contribution in [-0.2, 0) is 12.0 Å². The Morgan fingerprint density at radius 1 is 1.24 bits per heavy atom. The van der Waals surface area contributed by atoms with Gasteiger partial charge in [-0.1, -0.05) is 56.3 Å². The van der Waals surface area contributed by atoms with Crippen molar-refractivity contribution in [3.63, 3.8) is 0 Å². The standard InChI is InChI=1S/C17H23N3O/c1-17(2,3)16-18-15(19-21-16)12-20-10-9-14(11-20)13-7-5-4-6-8-13/h4-8,14H,9-12H2,1-3H3. The van der Waals surface area contributed by atoms with Gasteiger partial charge in [-0.25, -0.2) is 0 Å². The third kappa shape index (κ3) is 3.32. The molecule has 4 heteroatoms. The first-order valence-electron chi connectivity index (χ1n) is 7.63. The van der Waals surface area contributed by atoms with Crippen molar-refractivity contribution in [2.75, 3.05) is 13.1 Å². The van der Waals surface area contributed by atoms with E-state index < -0.39 is 0 Å². The fourth-order valence-electron chi connectivity index (χ4n) is 2.80. The van der Waals surface area contributed by atoms with E-state index in [1.54, 1.807) is 0 Å². The molecule has 1 aliphatic rings. The summed E-state index contributed by atoms with van der Waals surface area (Å²) in [5.41, 5.74) is 1.35. The Morgan fingerprint density at radius 3 is 2.67 bits per heavy atom. The van der Waals surface area contributed by atoms with E-state index in [0.29, 0.717) is 5.92 Å². The van der Waals surface area contributed by atoms with Crippen molar-refractivity contribution in [3.8, 4) is 0 Å². The molecule has 1 fully saturated rings. The topological polar surface area (TPSA) is 42.2 Å². The minimum absolute atomic E-state index is 0.0805. The highest BCUT2D eigenvalue weighted by Gasteiger charge is 2.26. The number of aromatic nitrogens is 2. The van der Waals surface area contributed by atoms with E-state index >= 15 is 0 Å². The summed E-state index contributed by atoms with van der Waals surface area (Å²) < 4.78 is 5.36. The summed E-state index contributed by atoms with van der Waals surface area (Å²) in [6.45, 7) is 9.22. The molecule has 0 spiro atoms. The van der Waals surface area contributed by atoms with Gasteiger partial charge >= 0.3 is 0 Å². The van der Waals surface area contributed by atoms with Gasteiger partial charge in [0.25, 0.3) is 0 Å². The Labute approximate surface area is 126 Å². The van der Waals surface area contributed by atoms with Crippen LogP contribution in [0, 0.1) is 0 Å². The second-order valence-electron chi connectivity index (χ2n) is 6.90. The van der Waals surface area contributed by atoms with E-state index in [0.717, 1.165) is 31.3 Å². The average Bonchev–Trinajstić information content (AvgIpc) is 3.09. The lowest BCUT2D eigenvalue weighted by atomic mass is 9.97. The van der Waals surface area contributed by atoms with E-state index in [1.807, 2.05) is 0 Å². The number of hydrogen-bond acceptors (Lipinski definition) is 4. The molecule has 0 radical (unpaired) electrons. The van der Waals surface area contributed by atoms with Gasteiger partial charge in [-0.2, -0.15) is 4.98 Å². The highest BCUT2D eigenvalue weighted by atomic mass is 16.5. The Hall–Kier alpha value is -1.68. The van der Waals surface area contributed by atoms with Gasteiger partial charge in [-0.05, 0) is 24.4 Å². The van der Waals surface area contributed by atoms with E-state index in [2.05, 4.69) is 66.1 Å². The maximum Gasteiger partial charge on any atom is 0.232 e. The molecule has 1 unspecified atom stereocenters. The van der Waals surface area contributed by atoms with Gasteiger partial charge in [-0.3, -0.25) is 4.90 Å². The van der Waals surface area contributed by atoms with Crippen LogP contribution >= 0.6 is 0 Å². The fourth-order valence-corrected chi connectivity index (χ4v) is 2.80. The molecule has 0 bridgehead atoms. The molecule has 1 aromatic carbocycles. The summed E-state index contributed by atoms with van der Waals surface area (Å²) in [5.74, 6) is 2.14. The van der Waals surface area contributed by atoms with Crippen LogP contribution in [0.4, 0.5) is 0 Å². The van der Waals surface area contributed by atoms with Crippen LogP contribution < -0.4 is 0 Å². The molecule has 2 aromatic rings. The van der Waals surface area contributed by atoms with Crippen LogP contribution in [0.15, 0.2) is 34.9 Å². The molecule has 1 atom stereocenters. The monoisotopic (exact) mass is 285 g/mol. The third-order valence-electron chi connectivity index (χ3n) is 4.02. The van der Waals surface area contributed by atoms with Gasteiger partial charge in [0.1, 0.15) is 0 Å². The van der Waals surface area contributed by atoms with Gasteiger partial charge in [0.2, 0.25) is 5.89 Å². The molecule has 0 amide bonds. The summed E-state index contributed by atoms with van der Waals surface area (Å²) >= 11 is 0. The van der Waals surface area contributed by atoms with Crippen LogP contribution in [0.25, 0.3) is 0 Å². The summed E-state index contributed by atoms with van der Waals surface area (Å²) in [6, 6.07) is 10.8. The first-order chi connectivity index (χ1) is 10.0. The van der Waals surface area contributed by atoms with Crippen LogP contribution in [0.2, 0.25) is 0 Å². The lowest BCUT2D eigenvalue weighted by molar-refractivity contribution is 0.296. The predicted octanol–water partition coefficient (Wildman–Crippen LogP) is 3.36. The van der Waals surface area contributed by atoms with Crippen molar-refractivity contribution in [2.24, 2.45) is 0 Å². The summed E-state index contributed by atoms with van der Waals surface area (Å²) in [7, 11) is 0. The van der Waals surface area contributed by atoms with Gasteiger partial charge in [-0.15, -0.1) is 0 Å². The Balaban J connectivity index is 1.61. The SMILES string of the molecule is CC(C)(C)c1nc(CN2CCC(c3ccccc3)C2)no1. The van der Waals surface area contributed by atoms with Gasteiger partial charge in [0.15, 0.2) is 5.82 Å². The molecule has 0 aliphatic carbocycles. The number of hydrogen-bond donors (Lipinski definition) is 0. The maximum atomic E-state index is 5.36. The minimum Gasteiger partial charge on any atom is -0.339 e. The maximum absolute atomic E-state index is 5.36. The second-order valence-corrected chi connectivity index (χ2v) is 6.90. The zero-order valence-electron chi connectivity index (χ0n) is 13.0. The van der Waals surface area contributed by atoms with E-state index in [1.165, 1.54) is 12.0 Å². The molecule has 3 rings (SSSR count). The van der Waals surface area contributed by atoms with Crippen molar-refractivity contribution < 1.29 is 4.52 Å². The van der Waals surface area contributed by atoms with Crippen LogP contribution in [0.1, 0.15) is 50.4 Å². The minimum atomic E-state index is -0.0805. The first kappa shape index (κ1) is 14.3. The summed E-state index contributed by atoms with van der Waals surface area (Å²) in [6.07, 6.45) is 1.20. The zero-order chi connectivity index (χ0) is 14.9. The van der Waals surface area contributed by atoms with Crippen molar-refractivity contribution in [1.29, 1.82) is 0 Å². The molecular weight excluding hydrogens is 262 g/mol. The number of benzene rings is 1. The fraction of sp³-hybridized carbons (Fsp3) is 0.529. The molecule has 1 aromatic heterocycles. The molecule has 0 saturated carbocycles. The molecule has 1 aliphatic heterocycles. The Kier molecular flexibility index (Phi) is 3.81. The highest BCUT2D eigenvalue weighted by molar-refractivity contribution is 5.21. The van der Waals surface area contributed by atoms with E-state index in [4.69, 9.17) is 4.52 Å². The molecule has 1 saturated heterocycles. The highest BCUT2D eigenvalue weighted by Crippen LogP contribution is 2.28. The molecular formula is C17H23N3O. The summed E-state index contributed by atoms with van der Waals surface area (Å²) in [4.78, 5) is 6.94. The predicted molar refractivity (Wildman–Crippen MR) is 82.1 cm³/mol. The van der Waals surface area contributed by atoms with Crippen molar-refractivity contribution in [3.05, 3.63) is 47.6 Å². The van der Waals surface area contributed by atoms with Gasteiger partial charge in [0.05, 0.1) is 6.54 Å². The molecule has 4 nitrogen and oxygen atoms in total. The second kappa shape index (κ2) is 5.60. The van der Waals surface area contributed by atoms with Gasteiger partial charge in [0, 0.05) is 12.0 Å². The quantitative estimate of drug-likeness (QED) is 0.867. The number of nitrogens with zero attached hydrogens (tertiary/aromatic N) is 3. The number of likely N-dealkylation sites (tertiary alicyclic amines) is 1. The normalized spacial score (nSPS) is 20.0. The number of rotatable bonds is 3. The summed E-state index contributed by atoms with van der Waals surface area (Å²) in [5, 5.41) is 4.12. The third-order valence-corrected chi connectivity index (χ3v) is 4.02. The van der Waals surface area contributed by atoms with Crippen molar-refractivity contribution >= 4 is 0 Å². The lowest BCUT2D eigenvalue weighted by Crippen LogP contribution is -2.20. The Morgan fingerprint density at radius 2 is 2.00 bits per heavy atom. The van der Waals surface area contributed by atoms with E-state index in [-0.39, 0.29) is 5.41 Å². The molecule has 2 heterocycles. The lowest BCUT2D eigenvalue weighted by Gasteiger charge is -2.14. The largest absolute Gasteiger partial charge is 0.339 e. The molecule has 0 N–H and O–H groups in total. The molecule has 21 heavy (non-hydrogen) atoms. The van der Waals surface area contributed by atoms with Crippen molar-refractivity contribution in [1.82, 2.24) is 15.0 Å². The van der Waals surface area contributed by atoms with Crippen LogP contribution in [0.5, 0.6) is 0 Å².